The Balaban J connectivity index is 2.14. The number of rotatable bonds is 5. The van der Waals surface area contributed by atoms with Crippen LogP contribution in [0.3, 0.4) is 0 Å². The van der Waals surface area contributed by atoms with Crippen molar-refractivity contribution in [3.63, 3.8) is 0 Å². The Morgan fingerprint density at radius 3 is 2.71 bits per heavy atom. The van der Waals surface area contributed by atoms with Gasteiger partial charge in [0.2, 0.25) is 0 Å². The van der Waals surface area contributed by atoms with E-state index in [9.17, 15) is 4.39 Å². The Bertz CT molecular complexity index is 463. The standard InChI is InChI=1S/C17H28FN3/c1-17(13-19,11-14-7-4-5-9-16(14)18)21-10-6-8-15(12-21)20(2)3/h4-5,7,9,15H,6,8,10-13,19H2,1-3H3. The summed E-state index contributed by atoms with van der Waals surface area (Å²) in [5.41, 5.74) is 6.66. The molecule has 0 radical (unpaired) electrons. The molecule has 21 heavy (non-hydrogen) atoms. The van der Waals surface area contributed by atoms with Crippen molar-refractivity contribution in [2.45, 2.75) is 37.8 Å². The monoisotopic (exact) mass is 293 g/mol. The van der Waals surface area contributed by atoms with Crippen LogP contribution in [-0.4, -0.2) is 55.1 Å². The number of nitrogens with zero attached hydrogens (tertiary/aromatic N) is 2. The smallest absolute Gasteiger partial charge is 0.126 e. The van der Waals surface area contributed by atoms with Gasteiger partial charge in [0, 0.05) is 24.7 Å². The molecule has 2 atom stereocenters. The lowest BCUT2D eigenvalue weighted by Gasteiger charge is -2.46. The number of hydrogen-bond donors (Lipinski definition) is 1. The summed E-state index contributed by atoms with van der Waals surface area (Å²) < 4.78 is 14.0. The number of likely N-dealkylation sites (N-methyl/N-ethyl adjacent to an activating group) is 1. The highest BCUT2D eigenvalue weighted by molar-refractivity contribution is 5.20. The average Bonchev–Trinajstić information content (AvgIpc) is 2.49. The summed E-state index contributed by atoms with van der Waals surface area (Å²) in [7, 11) is 4.26. The summed E-state index contributed by atoms with van der Waals surface area (Å²) in [6, 6.07) is 7.60. The van der Waals surface area contributed by atoms with E-state index in [1.807, 2.05) is 12.1 Å². The summed E-state index contributed by atoms with van der Waals surface area (Å²) in [6.07, 6.45) is 3.07. The predicted molar refractivity (Wildman–Crippen MR) is 85.8 cm³/mol. The van der Waals surface area contributed by atoms with Gasteiger partial charge in [0.1, 0.15) is 5.82 Å². The minimum Gasteiger partial charge on any atom is -0.329 e. The second-order valence-corrected chi connectivity index (χ2v) is 6.67. The zero-order chi connectivity index (χ0) is 15.5. The summed E-state index contributed by atoms with van der Waals surface area (Å²) in [6.45, 7) is 4.76. The van der Waals surface area contributed by atoms with Crippen LogP contribution in [0.1, 0.15) is 25.3 Å². The fourth-order valence-electron chi connectivity index (χ4n) is 3.23. The van der Waals surface area contributed by atoms with E-state index in [0.29, 0.717) is 19.0 Å². The summed E-state index contributed by atoms with van der Waals surface area (Å²) in [5, 5.41) is 0. The molecule has 1 saturated heterocycles. The van der Waals surface area contributed by atoms with Crippen LogP contribution in [-0.2, 0) is 6.42 Å². The average molecular weight is 293 g/mol. The SMILES string of the molecule is CN(C)C1CCCN(C(C)(CN)Cc2ccccc2F)C1. The molecule has 0 spiro atoms. The van der Waals surface area contributed by atoms with Crippen LogP contribution in [0.5, 0.6) is 0 Å². The van der Waals surface area contributed by atoms with Crippen LogP contribution in [0.2, 0.25) is 0 Å². The Hall–Kier alpha value is -0.970. The van der Waals surface area contributed by atoms with Crippen molar-refractivity contribution in [3.8, 4) is 0 Å². The van der Waals surface area contributed by atoms with Gasteiger partial charge in [0.05, 0.1) is 0 Å². The molecule has 1 aromatic rings. The summed E-state index contributed by atoms with van der Waals surface area (Å²) >= 11 is 0. The third kappa shape index (κ3) is 3.82. The van der Waals surface area contributed by atoms with E-state index in [2.05, 4.69) is 30.8 Å². The molecular weight excluding hydrogens is 265 g/mol. The number of nitrogens with two attached hydrogens (primary N) is 1. The van der Waals surface area contributed by atoms with E-state index < -0.39 is 0 Å². The van der Waals surface area contributed by atoms with E-state index in [0.717, 1.165) is 18.7 Å². The van der Waals surface area contributed by atoms with E-state index >= 15 is 0 Å². The lowest BCUT2D eigenvalue weighted by atomic mass is 9.88. The Labute approximate surface area is 127 Å². The molecule has 2 N–H and O–H groups in total. The molecule has 118 valence electrons. The Morgan fingerprint density at radius 2 is 2.10 bits per heavy atom. The predicted octanol–water partition coefficient (Wildman–Crippen LogP) is 2.11. The molecule has 0 amide bonds. The molecule has 0 bridgehead atoms. The van der Waals surface area contributed by atoms with Gasteiger partial charge in [-0.3, -0.25) is 4.90 Å². The van der Waals surface area contributed by atoms with Gasteiger partial charge in [-0.25, -0.2) is 4.39 Å². The van der Waals surface area contributed by atoms with E-state index in [1.54, 1.807) is 6.07 Å². The lowest BCUT2D eigenvalue weighted by Crippen LogP contribution is -2.59. The van der Waals surface area contributed by atoms with Gasteiger partial charge in [-0.05, 0) is 58.5 Å². The maximum absolute atomic E-state index is 14.0. The first-order chi connectivity index (χ1) is 9.96. The Morgan fingerprint density at radius 1 is 1.38 bits per heavy atom. The molecule has 3 nitrogen and oxygen atoms in total. The van der Waals surface area contributed by atoms with Gasteiger partial charge >= 0.3 is 0 Å². The second kappa shape index (κ2) is 6.86. The van der Waals surface area contributed by atoms with Crippen molar-refractivity contribution in [1.29, 1.82) is 0 Å². The van der Waals surface area contributed by atoms with E-state index in [4.69, 9.17) is 5.73 Å². The molecule has 2 rings (SSSR count). The molecular formula is C17H28FN3. The quantitative estimate of drug-likeness (QED) is 0.902. The van der Waals surface area contributed by atoms with Crippen LogP contribution in [0, 0.1) is 5.82 Å². The third-order valence-electron chi connectivity index (χ3n) is 4.86. The molecule has 1 aromatic carbocycles. The zero-order valence-corrected chi connectivity index (χ0v) is 13.5. The highest BCUT2D eigenvalue weighted by atomic mass is 19.1. The number of piperidine rings is 1. The summed E-state index contributed by atoms with van der Waals surface area (Å²) in [5.74, 6) is -0.127. The maximum Gasteiger partial charge on any atom is 0.126 e. The molecule has 0 saturated carbocycles. The highest BCUT2D eigenvalue weighted by Crippen LogP contribution is 2.26. The minimum absolute atomic E-state index is 0.127. The van der Waals surface area contributed by atoms with Crippen molar-refractivity contribution < 1.29 is 4.39 Å². The molecule has 2 unspecified atom stereocenters. The third-order valence-corrected chi connectivity index (χ3v) is 4.86. The van der Waals surface area contributed by atoms with Gasteiger partial charge in [0.25, 0.3) is 0 Å². The van der Waals surface area contributed by atoms with Crippen LogP contribution >= 0.6 is 0 Å². The topological polar surface area (TPSA) is 32.5 Å². The van der Waals surface area contributed by atoms with Crippen molar-refractivity contribution in [3.05, 3.63) is 35.6 Å². The molecule has 1 aliphatic rings. The number of hydrogen-bond acceptors (Lipinski definition) is 3. The van der Waals surface area contributed by atoms with E-state index in [-0.39, 0.29) is 11.4 Å². The van der Waals surface area contributed by atoms with Crippen molar-refractivity contribution in [1.82, 2.24) is 9.80 Å². The minimum atomic E-state index is -0.184. The first-order valence-corrected chi connectivity index (χ1v) is 7.81. The van der Waals surface area contributed by atoms with E-state index in [1.165, 1.54) is 18.9 Å². The van der Waals surface area contributed by atoms with Crippen molar-refractivity contribution in [2.75, 3.05) is 33.7 Å². The fourth-order valence-corrected chi connectivity index (χ4v) is 3.23. The largest absolute Gasteiger partial charge is 0.329 e. The van der Waals surface area contributed by atoms with Crippen LogP contribution in [0.4, 0.5) is 4.39 Å². The van der Waals surface area contributed by atoms with Gasteiger partial charge in [-0.2, -0.15) is 0 Å². The van der Waals surface area contributed by atoms with Crippen molar-refractivity contribution >= 4 is 0 Å². The lowest BCUT2D eigenvalue weighted by molar-refractivity contribution is 0.0451. The van der Waals surface area contributed by atoms with Gasteiger partial charge in [-0.1, -0.05) is 18.2 Å². The molecule has 0 aromatic heterocycles. The first-order valence-electron chi connectivity index (χ1n) is 7.81. The zero-order valence-electron chi connectivity index (χ0n) is 13.5. The van der Waals surface area contributed by atoms with Gasteiger partial charge in [0.15, 0.2) is 0 Å². The van der Waals surface area contributed by atoms with Crippen LogP contribution in [0.15, 0.2) is 24.3 Å². The maximum atomic E-state index is 14.0. The second-order valence-electron chi connectivity index (χ2n) is 6.67. The molecule has 1 heterocycles. The normalized spacial score (nSPS) is 23.2. The number of likely N-dealkylation sites (tertiary alicyclic amines) is 1. The first kappa shape index (κ1) is 16.4. The van der Waals surface area contributed by atoms with Gasteiger partial charge in [-0.15, -0.1) is 0 Å². The Kier molecular flexibility index (Phi) is 5.36. The number of benzene rings is 1. The highest BCUT2D eigenvalue weighted by Gasteiger charge is 2.35. The molecule has 1 aliphatic heterocycles. The van der Waals surface area contributed by atoms with Crippen LogP contribution < -0.4 is 5.73 Å². The van der Waals surface area contributed by atoms with Crippen molar-refractivity contribution in [2.24, 2.45) is 5.73 Å². The summed E-state index contributed by atoms with van der Waals surface area (Å²) in [4.78, 5) is 4.74. The van der Waals surface area contributed by atoms with Crippen LogP contribution in [0.25, 0.3) is 0 Å². The fraction of sp³-hybridized carbons (Fsp3) is 0.647. The molecule has 1 fully saturated rings. The van der Waals surface area contributed by atoms with Gasteiger partial charge < -0.3 is 10.6 Å². The molecule has 4 heteroatoms. The molecule has 0 aliphatic carbocycles. The number of halogens is 1.